The first kappa shape index (κ1) is 12.6. The zero-order valence-corrected chi connectivity index (χ0v) is 12.1. The van der Waals surface area contributed by atoms with Crippen LogP contribution in [0.15, 0.2) is 18.5 Å². The van der Waals surface area contributed by atoms with Gasteiger partial charge in [-0.25, -0.2) is 9.97 Å². The van der Waals surface area contributed by atoms with Crippen LogP contribution in [-0.2, 0) is 25.8 Å². The van der Waals surface area contributed by atoms with E-state index in [2.05, 4.69) is 34.3 Å². The summed E-state index contributed by atoms with van der Waals surface area (Å²) in [4.78, 5) is 11.6. The van der Waals surface area contributed by atoms with E-state index in [1.807, 2.05) is 11.3 Å². The third kappa shape index (κ3) is 2.95. The second kappa shape index (κ2) is 5.70. The molecular formula is C15H19N3S. The van der Waals surface area contributed by atoms with Crippen LogP contribution >= 0.6 is 11.3 Å². The highest BCUT2D eigenvalue weighted by Crippen LogP contribution is 2.30. The Kier molecular flexibility index (Phi) is 3.78. The topological polar surface area (TPSA) is 37.8 Å². The summed E-state index contributed by atoms with van der Waals surface area (Å²) in [6, 6.07) is 4.42. The van der Waals surface area contributed by atoms with Gasteiger partial charge in [0.15, 0.2) is 0 Å². The summed E-state index contributed by atoms with van der Waals surface area (Å²) < 4.78 is 0. The quantitative estimate of drug-likeness (QED) is 0.904. The molecule has 1 aliphatic carbocycles. The Morgan fingerprint density at radius 2 is 2.21 bits per heavy atom. The smallest absolute Gasteiger partial charge is 0.129 e. The molecular weight excluding hydrogens is 254 g/mol. The Balaban J connectivity index is 1.63. The predicted molar refractivity (Wildman–Crippen MR) is 79.7 cm³/mol. The monoisotopic (exact) mass is 273 g/mol. The SMILES string of the molecule is CCCc1cc(NCc2cc3c(s2)CCC3)ncn1. The summed E-state index contributed by atoms with van der Waals surface area (Å²) >= 11 is 1.95. The minimum atomic E-state index is 0.875. The van der Waals surface area contributed by atoms with Crippen LogP contribution in [0.2, 0.25) is 0 Å². The number of anilines is 1. The summed E-state index contributed by atoms with van der Waals surface area (Å²) in [5.74, 6) is 0.937. The molecule has 1 aliphatic rings. The fourth-order valence-electron chi connectivity index (χ4n) is 2.54. The average molecular weight is 273 g/mol. The molecule has 3 nitrogen and oxygen atoms in total. The second-order valence-electron chi connectivity index (χ2n) is 5.01. The summed E-state index contributed by atoms with van der Waals surface area (Å²) in [6.45, 7) is 3.04. The highest BCUT2D eigenvalue weighted by atomic mass is 32.1. The van der Waals surface area contributed by atoms with Gasteiger partial charge < -0.3 is 5.32 Å². The van der Waals surface area contributed by atoms with Crippen LogP contribution in [0.4, 0.5) is 5.82 Å². The van der Waals surface area contributed by atoms with E-state index in [1.165, 1.54) is 24.1 Å². The zero-order chi connectivity index (χ0) is 13.1. The third-order valence-corrected chi connectivity index (χ3v) is 4.71. The highest BCUT2D eigenvalue weighted by molar-refractivity contribution is 7.12. The molecule has 0 bridgehead atoms. The normalized spacial score (nSPS) is 13.5. The predicted octanol–water partition coefficient (Wildman–Crippen LogP) is 3.59. The van der Waals surface area contributed by atoms with E-state index in [0.29, 0.717) is 0 Å². The minimum absolute atomic E-state index is 0.875. The molecule has 0 spiro atoms. The Hall–Kier alpha value is -1.42. The summed E-state index contributed by atoms with van der Waals surface area (Å²) in [5.41, 5.74) is 2.69. The highest BCUT2D eigenvalue weighted by Gasteiger charge is 2.14. The van der Waals surface area contributed by atoms with Crippen molar-refractivity contribution in [1.82, 2.24) is 9.97 Å². The molecule has 0 aliphatic heterocycles. The van der Waals surface area contributed by atoms with Crippen LogP contribution in [0.1, 0.15) is 40.8 Å². The van der Waals surface area contributed by atoms with Gasteiger partial charge in [0.05, 0.1) is 6.54 Å². The van der Waals surface area contributed by atoms with Gasteiger partial charge in [-0.05, 0) is 37.3 Å². The number of nitrogens with zero attached hydrogens (tertiary/aromatic N) is 2. The standard InChI is InChI=1S/C15H19N3S/c1-2-4-12-8-15(18-10-17-12)16-9-13-7-11-5-3-6-14(11)19-13/h7-8,10H,2-6,9H2,1H3,(H,16,17,18). The fourth-order valence-corrected chi connectivity index (χ4v) is 3.74. The van der Waals surface area contributed by atoms with Crippen molar-refractivity contribution in [2.45, 2.75) is 45.6 Å². The molecule has 4 heteroatoms. The van der Waals surface area contributed by atoms with Crippen LogP contribution in [0, 0.1) is 0 Å². The van der Waals surface area contributed by atoms with Crippen LogP contribution < -0.4 is 5.32 Å². The van der Waals surface area contributed by atoms with E-state index in [0.717, 1.165) is 30.9 Å². The number of hydrogen-bond acceptors (Lipinski definition) is 4. The molecule has 100 valence electrons. The lowest BCUT2D eigenvalue weighted by Gasteiger charge is -2.05. The number of thiophene rings is 1. The molecule has 3 rings (SSSR count). The Morgan fingerprint density at radius 3 is 3.05 bits per heavy atom. The lowest BCUT2D eigenvalue weighted by Crippen LogP contribution is -2.01. The second-order valence-corrected chi connectivity index (χ2v) is 6.23. The number of fused-ring (bicyclic) bond motifs is 1. The maximum absolute atomic E-state index is 4.28. The van der Waals surface area contributed by atoms with Crippen molar-refractivity contribution in [3.05, 3.63) is 39.5 Å². The van der Waals surface area contributed by atoms with Gasteiger partial charge in [-0.1, -0.05) is 13.3 Å². The van der Waals surface area contributed by atoms with Crippen molar-refractivity contribution in [3.63, 3.8) is 0 Å². The number of aromatic nitrogens is 2. The number of nitrogens with one attached hydrogen (secondary N) is 1. The summed E-state index contributed by atoms with van der Waals surface area (Å²) in [7, 11) is 0. The maximum Gasteiger partial charge on any atom is 0.129 e. The van der Waals surface area contributed by atoms with Crippen molar-refractivity contribution < 1.29 is 0 Å². The number of rotatable bonds is 5. The number of aryl methyl sites for hydroxylation is 3. The average Bonchev–Trinajstić information content (AvgIpc) is 2.98. The molecule has 0 fully saturated rings. The zero-order valence-electron chi connectivity index (χ0n) is 11.3. The maximum atomic E-state index is 4.28. The molecule has 0 saturated heterocycles. The minimum Gasteiger partial charge on any atom is -0.365 e. The first-order valence-electron chi connectivity index (χ1n) is 7.00. The molecule has 19 heavy (non-hydrogen) atoms. The Labute approximate surface area is 118 Å². The first-order valence-corrected chi connectivity index (χ1v) is 7.82. The summed E-state index contributed by atoms with van der Waals surface area (Å²) in [5, 5.41) is 3.41. The first-order chi connectivity index (χ1) is 9.35. The molecule has 0 saturated carbocycles. The van der Waals surface area contributed by atoms with E-state index in [1.54, 1.807) is 16.8 Å². The lowest BCUT2D eigenvalue weighted by molar-refractivity contribution is 0.871. The molecule has 0 radical (unpaired) electrons. The molecule has 2 heterocycles. The molecule has 2 aromatic heterocycles. The fraction of sp³-hybridized carbons (Fsp3) is 0.467. The van der Waals surface area contributed by atoms with Crippen LogP contribution in [0.25, 0.3) is 0 Å². The van der Waals surface area contributed by atoms with Crippen LogP contribution in [0.3, 0.4) is 0 Å². The third-order valence-electron chi connectivity index (χ3n) is 3.47. The van der Waals surface area contributed by atoms with Gasteiger partial charge in [-0.2, -0.15) is 0 Å². The molecule has 1 N–H and O–H groups in total. The van der Waals surface area contributed by atoms with Crippen LogP contribution in [0.5, 0.6) is 0 Å². The molecule has 0 unspecified atom stereocenters. The molecule has 2 aromatic rings. The van der Waals surface area contributed by atoms with Crippen LogP contribution in [-0.4, -0.2) is 9.97 Å². The molecule has 0 amide bonds. The van der Waals surface area contributed by atoms with Crippen molar-refractivity contribution >= 4 is 17.2 Å². The van der Waals surface area contributed by atoms with E-state index in [4.69, 9.17) is 0 Å². The number of hydrogen-bond donors (Lipinski definition) is 1. The van der Waals surface area contributed by atoms with Gasteiger partial charge in [0.1, 0.15) is 12.1 Å². The van der Waals surface area contributed by atoms with Crippen molar-refractivity contribution in [3.8, 4) is 0 Å². The largest absolute Gasteiger partial charge is 0.365 e. The molecule has 0 atom stereocenters. The lowest BCUT2D eigenvalue weighted by atomic mass is 10.2. The van der Waals surface area contributed by atoms with E-state index in [9.17, 15) is 0 Å². The molecule has 0 aromatic carbocycles. The van der Waals surface area contributed by atoms with Crippen molar-refractivity contribution in [2.75, 3.05) is 5.32 Å². The van der Waals surface area contributed by atoms with Crippen molar-refractivity contribution in [2.24, 2.45) is 0 Å². The van der Waals surface area contributed by atoms with E-state index >= 15 is 0 Å². The van der Waals surface area contributed by atoms with Gasteiger partial charge >= 0.3 is 0 Å². The van der Waals surface area contributed by atoms with E-state index in [-0.39, 0.29) is 0 Å². The van der Waals surface area contributed by atoms with Gasteiger partial charge in [-0.3, -0.25) is 0 Å². The Bertz CT molecular complexity index is 541. The summed E-state index contributed by atoms with van der Waals surface area (Å²) in [6.07, 6.45) is 7.66. The van der Waals surface area contributed by atoms with Crippen molar-refractivity contribution in [1.29, 1.82) is 0 Å². The van der Waals surface area contributed by atoms with Gasteiger partial charge in [-0.15, -0.1) is 11.3 Å². The van der Waals surface area contributed by atoms with Gasteiger partial charge in [0, 0.05) is 21.5 Å². The Morgan fingerprint density at radius 1 is 1.26 bits per heavy atom. The van der Waals surface area contributed by atoms with E-state index < -0.39 is 0 Å². The van der Waals surface area contributed by atoms with Gasteiger partial charge in [0.2, 0.25) is 0 Å². The van der Waals surface area contributed by atoms with Gasteiger partial charge in [0.25, 0.3) is 0 Å².